The van der Waals surface area contributed by atoms with E-state index in [1.807, 2.05) is 0 Å². The SMILES string of the molecule is COc1cc(OC)cc(C(=O)Nc2ccc(N)c(Cl)c2)c1. The van der Waals surface area contributed by atoms with Gasteiger partial charge in [-0.2, -0.15) is 0 Å². The fourth-order valence-electron chi connectivity index (χ4n) is 1.75. The Kier molecular flexibility index (Phi) is 4.55. The third-order valence-corrected chi connectivity index (χ3v) is 3.20. The Hall–Kier alpha value is -2.40. The second-order valence-corrected chi connectivity index (χ2v) is 4.70. The van der Waals surface area contributed by atoms with E-state index in [-0.39, 0.29) is 5.91 Å². The van der Waals surface area contributed by atoms with Crippen molar-refractivity contribution in [2.45, 2.75) is 0 Å². The number of rotatable bonds is 4. The van der Waals surface area contributed by atoms with Crippen molar-refractivity contribution in [1.82, 2.24) is 0 Å². The molecule has 110 valence electrons. The van der Waals surface area contributed by atoms with Gasteiger partial charge in [0, 0.05) is 17.3 Å². The van der Waals surface area contributed by atoms with Gasteiger partial charge in [0.15, 0.2) is 0 Å². The monoisotopic (exact) mass is 306 g/mol. The van der Waals surface area contributed by atoms with Crippen molar-refractivity contribution in [3.8, 4) is 11.5 Å². The van der Waals surface area contributed by atoms with E-state index < -0.39 is 0 Å². The van der Waals surface area contributed by atoms with Crippen molar-refractivity contribution in [2.24, 2.45) is 0 Å². The average Bonchev–Trinajstić information content (AvgIpc) is 2.50. The summed E-state index contributed by atoms with van der Waals surface area (Å²) in [6, 6.07) is 9.83. The Morgan fingerprint density at radius 3 is 2.24 bits per heavy atom. The number of nitrogens with two attached hydrogens (primary N) is 1. The van der Waals surface area contributed by atoms with Crippen LogP contribution in [0, 0.1) is 0 Å². The number of carbonyl (C=O) groups is 1. The molecule has 2 rings (SSSR count). The summed E-state index contributed by atoms with van der Waals surface area (Å²) >= 11 is 5.92. The highest BCUT2D eigenvalue weighted by molar-refractivity contribution is 6.33. The molecule has 0 fully saturated rings. The van der Waals surface area contributed by atoms with Crippen molar-refractivity contribution in [3.05, 3.63) is 47.0 Å². The summed E-state index contributed by atoms with van der Waals surface area (Å²) in [6.45, 7) is 0. The van der Waals surface area contributed by atoms with E-state index in [1.54, 1.807) is 36.4 Å². The number of carbonyl (C=O) groups excluding carboxylic acids is 1. The van der Waals surface area contributed by atoms with E-state index >= 15 is 0 Å². The van der Waals surface area contributed by atoms with E-state index in [9.17, 15) is 4.79 Å². The van der Waals surface area contributed by atoms with Gasteiger partial charge in [-0.05, 0) is 30.3 Å². The van der Waals surface area contributed by atoms with Gasteiger partial charge in [0.1, 0.15) is 11.5 Å². The molecule has 5 nitrogen and oxygen atoms in total. The Labute approximate surface area is 127 Å². The van der Waals surface area contributed by atoms with Crippen LogP contribution in [0.4, 0.5) is 11.4 Å². The van der Waals surface area contributed by atoms with Gasteiger partial charge in [0.05, 0.1) is 24.9 Å². The van der Waals surface area contributed by atoms with Crippen LogP contribution in [0.1, 0.15) is 10.4 Å². The van der Waals surface area contributed by atoms with Crippen molar-refractivity contribution in [2.75, 3.05) is 25.3 Å². The van der Waals surface area contributed by atoms with E-state index in [1.165, 1.54) is 14.2 Å². The molecule has 0 aliphatic heterocycles. The zero-order valence-corrected chi connectivity index (χ0v) is 12.4. The smallest absolute Gasteiger partial charge is 0.255 e. The number of ether oxygens (including phenoxy) is 2. The lowest BCUT2D eigenvalue weighted by Gasteiger charge is -2.10. The van der Waals surface area contributed by atoms with Gasteiger partial charge < -0.3 is 20.5 Å². The molecule has 0 saturated carbocycles. The van der Waals surface area contributed by atoms with Crippen molar-refractivity contribution in [1.29, 1.82) is 0 Å². The highest BCUT2D eigenvalue weighted by Gasteiger charge is 2.11. The van der Waals surface area contributed by atoms with Gasteiger partial charge in [-0.1, -0.05) is 11.6 Å². The molecule has 2 aromatic rings. The summed E-state index contributed by atoms with van der Waals surface area (Å²) in [5.41, 5.74) is 7.06. The predicted octanol–water partition coefficient (Wildman–Crippen LogP) is 3.19. The standard InChI is InChI=1S/C15H15ClN2O3/c1-20-11-5-9(6-12(8-11)21-2)15(19)18-10-3-4-14(17)13(16)7-10/h3-8H,17H2,1-2H3,(H,18,19). The zero-order chi connectivity index (χ0) is 15.4. The molecule has 21 heavy (non-hydrogen) atoms. The average molecular weight is 307 g/mol. The van der Waals surface area contributed by atoms with Crippen LogP contribution in [0.5, 0.6) is 11.5 Å². The van der Waals surface area contributed by atoms with Gasteiger partial charge in [0.25, 0.3) is 5.91 Å². The third kappa shape index (κ3) is 3.58. The first-order valence-corrected chi connectivity index (χ1v) is 6.50. The molecular formula is C15H15ClN2O3. The molecule has 2 aromatic carbocycles. The van der Waals surface area contributed by atoms with Crippen molar-refractivity contribution in [3.63, 3.8) is 0 Å². The minimum Gasteiger partial charge on any atom is -0.497 e. The van der Waals surface area contributed by atoms with E-state index in [4.69, 9.17) is 26.8 Å². The van der Waals surface area contributed by atoms with Gasteiger partial charge in [-0.3, -0.25) is 4.79 Å². The minimum atomic E-state index is -0.298. The quantitative estimate of drug-likeness (QED) is 0.851. The van der Waals surface area contributed by atoms with Gasteiger partial charge in [-0.25, -0.2) is 0 Å². The van der Waals surface area contributed by atoms with Gasteiger partial charge in [0.2, 0.25) is 0 Å². The highest BCUT2D eigenvalue weighted by atomic mass is 35.5. The van der Waals surface area contributed by atoms with Gasteiger partial charge >= 0.3 is 0 Å². The summed E-state index contributed by atoms with van der Waals surface area (Å²) in [7, 11) is 3.05. The van der Waals surface area contributed by atoms with Crippen LogP contribution in [0.15, 0.2) is 36.4 Å². The van der Waals surface area contributed by atoms with Crippen LogP contribution in [-0.4, -0.2) is 20.1 Å². The number of anilines is 2. The second kappa shape index (κ2) is 6.37. The first kappa shape index (κ1) is 15.0. The molecule has 0 saturated heterocycles. The normalized spacial score (nSPS) is 10.0. The van der Waals surface area contributed by atoms with Crippen LogP contribution >= 0.6 is 11.6 Å². The lowest BCUT2D eigenvalue weighted by atomic mass is 10.1. The van der Waals surface area contributed by atoms with E-state index in [0.29, 0.717) is 33.5 Å². The largest absolute Gasteiger partial charge is 0.497 e. The minimum absolute atomic E-state index is 0.298. The van der Waals surface area contributed by atoms with Crippen LogP contribution < -0.4 is 20.5 Å². The molecule has 0 aliphatic rings. The Morgan fingerprint density at radius 2 is 1.71 bits per heavy atom. The lowest BCUT2D eigenvalue weighted by molar-refractivity contribution is 0.102. The summed E-state index contributed by atoms with van der Waals surface area (Å²) < 4.78 is 10.3. The molecule has 0 unspecified atom stereocenters. The fraction of sp³-hybridized carbons (Fsp3) is 0.133. The molecule has 0 aromatic heterocycles. The number of nitrogen functional groups attached to an aromatic ring is 1. The maximum absolute atomic E-state index is 12.3. The number of hydrogen-bond acceptors (Lipinski definition) is 4. The van der Waals surface area contributed by atoms with Crippen LogP contribution in [0.25, 0.3) is 0 Å². The Balaban J connectivity index is 2.25. The molecule has 6 heteroatoms. The summed E-state index contributed by atoms with van der Waals surface area (Å²) in [5, 5.41) is 3.12. The van der Waals surface area contributed by atoms with Crippen molar-refractivity contribution >= 4 is 28.9 Å². The molecule has 0 bridgehead atoms. The summed E-state index contributed by atoms with van der Waals surface area (Å²) in [4.78, 5) is 12.3. The Bertz CT molecular complexity index is 652. The van der Waals surface area contributed by atoms with Gasteiger partial charge in [-0.15, -0.1) is 0 Å². The fourth-order valence-corrected chi connectivity index (χ4v) is 1.93. The number of benzene rings is 2. The number of amides is 1. The molecule has 3 N–H and O–H groups in total. The van der Waals surface area contributed by atoms with E-state index in [0.717, 1.165) is 0 Å². The number of methoxy groups -OCH3 is 2. The summed E-state index contributed by atoms with van der Waals surface area (Å²) in [5.74, 6) is 0.776. The molecule has 0 radical (unpaired) electrons. The molecule has 0 heterocycles. The molecule has 0 aliphatic carbocycles. The van der Waals surface area contributed by atoms with Crippen LogP contribution in [0.3, 0.4) is 0 Å². The number of hydrogen-bond donors (Lipinski definition) is 2. The Morgan fingerprint density at radius 1 is 1.10 bits per heavy atom. The molecule has 0 atom stereocenters. The molecular weight excluding hydrogens is 292 g/mol. The molecule has 0 spiro atoms. The van der Waals surface area contributed by atoms with E-state index in [2.05, 4.69) is 5.32 Å². The molecule has 1 amide bonds. The predicted molar refractivity (Wildman–Crippen MR) is 83.4 cm³/mol. The van der Waals surface area contributed by atoms with Crippen LogP contribution in [-0.2, 0) is 0 Å². The number of nitrogens with one attached hydrogen (secondary N) is 1. The highest BCUT2D eigenvalue weighted by Crippen LogP contribution is 2.25. The lowest BCUT2D eigenvalue weighted by Crippen LogP contribution is -2.12. The maximum Gasteiger partial charge on any atom is 0.255 e. The topological polar surface area (TPSA) is 73.6 Å². The van der Waals surface area contributed by atoms with Crippen LogP contribution in [0.2, 0.25) is 5.02 Å². The second-order valence-electron chi connectivity index (χ2n) is 4.29. The first-order chi connectivity index (χ1) is 10.0. The maximum atomic E-state index is 12.3. The zero-order valence-electron chi connectivity index (χ0n) is 11.6. The summed E-state index contributed by atoms with van der Waals surface area (Å²) in [6.07, 6.45) is 0. The first-order valence-electron chi connectivity index (χ1n) is 6.13. The third-order valence-electron chi connectivity index (χ3n) is 2.87. The van der Waals surface area contributed by atoms with Crippen molar-refractivity contribution < 1.29 is 14.3 Å². The number of halogens is 1.